The first-order chi connectivity index (χ1) is 13.6. The van der Waals surface area contributed by atoms with Crippen molar-refractivity contribution >= 4 is 29.8 Å². The van der Waals surface area contributed by atoms with E-state index in [2.05, 4.69) is 5.32 Å². The first kappa shape index (κ1) is 19.9. The van der Waals surface area contributed by atoms with Crippen LogP contribution in [0.3, 0.4) is 0 Å². The highest BCUT2D eigenvalue weighted by molar-refractivity contribution is 6.30. The molecule has 2 aromatic carbocycles. The Morgan fingerprint density at radius 1 is 0.929 bits per heavy atom. The van der Waals surface area contributed by atoms with Crippen molar-refractivity contribution in [2.75, 3.05) is 32.7 Å². The van der Waals surface area contributed by atoms with Gasteiger partial charge in [-0.05, 0) is 48.4 Å². The van der Waals surface area contributed by atoms with Crippen molar-refractivity contribution < 1.29 is 14.4 Å². The molecule has 0 aliphatic carbocycles. The van der Waals surface area contributed by atoms with Crippen LogP contribution >= 0.6 is 11.6 Å². The lowest BCUT2D eigenvalue weighted by atomic mass is 10.1. The fourth-order valence-corrected chi connectivity index (χ4v) is 3.18. The van der Waals surface area contributed by atoms with E-state index in [1.54, 1.807) is 34.1 Å². The fourth-order valence-electron chi connectivity index (χ4n) is 3.05. The molecule has 7 heteroatoms. The lowest BCUT2D eigenvalue weighted by molar-refractivity contribution is -0.119. The topological polar surface area (TPSA) is 69.7 Å². The number of rotatable bonds is 6. The maximum Gasteiger partial charge on any atom is 0.253 e. The Bertz CT molecular complexity index is 829. The van der Waals surface area contributed by atoms with Crippen molar-refractivity contribution in [3.8, 4) is 0 Å². The number of carbonyl (C=O) groups is 3. The van der Waals surface area contributed by atoms with E-state index in [-0.39, 0.29) is 11.8 Å². The number of nitrogens with zero attached hydrogens (tertiary/aromatic N) is 2. The summed E-state index contributed by atoms with van der Waals surface area (Å²) in [6, 6.07) is 14.2. The Kier molecular flexibility index (Phi) is 6.66. The molecule has 0 radical (unpaired) electrons. The van der Waals surface area contributed by atoms with Crippen LogP contribution < -0.4 is 5.32 Å². The molecule has 28 heavy (non-hydrogen) atoms. The van der Waals surface area contributed by atoms with Crippen molar-refractivity contribution in [3.63, 3.8) is 0 Å². The molecule has 6 nitrogen and oxygen atoms in total. The van der Waals surface area contributed by atoms with Gasteiger partial charge in [-0.15, -0.1) is 0 Å². The average molecular weight is 400 g/mol. The van der Waals surface area contributed by atoms with Gasteiger partial charge < -0.3 is 15.1 Å². The predicted octanol–water partition coefficient (Wildman–Crippen LogP) is 2.23. The maximum absolute atomic E-state index is 12.5. The minimum Gasteiger partial charge on any atom is -0.352 e. The highest BCUT2D eigenvalue weighted by Gasteiger charge is 2.21. The zero-order chi connectivity index (χ0) is 19.9. The van der Waals surface area contributed by atoms with Crippen LogP contribution in [0.25, 0.3) is 0 Å². The van der Waals surface area contributed by atoms with E-state index >= 15 is 0 Å². The Morgan fingerprint density at radius 3 is 2.14 bits per heavy atom. The largest absolute Gasteiger partial charge is 0.352 e. The molecule has 3 amide bonds. The van der Waals surface area contributed by atoms with Crippen LogP contribution in [0.2, 0.25) is 5.02 Å². The first-order valence-corrected chi connectivity index (χ1v) is 9.56. The van der Waals surface area contributed by atoms with Crippen molar-refractivity contribution in [1.82, 2.24) is 15.1 Å². The van der Waals surface area contributed by atoms with E-state index in [9.17, 15) is 14.4 Å². The van der Waals surface area contributed by atoms with Gasteiger partial charge in [-0.2, -0.15) is 0 Å². The normalized spacial score (nSPS) is 13.9. The molecule has 1 heterocycles. The summed E-state index contributed by atoms with van der Waals surface area (Å²) in [5, 5.41) is 3.57. The van der Waals surface area contributed by atoms with Crippen LogP contribution in [-0.2, 0) is 11.2 Å². The minimum absolute atomic E-state index is 0.0831. The SMILES string of the molecule is O=CN1CCN(C(=O)c2ccc(C(=O)NCCc3ccc(Cl)cc3)cc2)CC1. The van der Waals surface area contributed by atoms with Gasteiger partial charge >= 0.3 is 0 Å². The summed E-state index contributed by atoms with van der Waals surface area (Å²) in [5.41, 5.74) is 2.15. The minimum atomic E-state index is -0.174. The summed E-state index contributed by atoms with van der Waals surface area (Å²) in [5.74, 6) is -0.257. The maximum atomic E-state index is 12.5. The van der Waals surface area contributed by atoms with Crippen LogP contribution in [-0.4, -0.2) is 60.7 Å². The number of hydrogen-bond acceptors (Lipinski definition) is 3. The first-order valence-electron chi connectivity index (χ1n) is 9.18. The Hall–Kier alpha value is -2.86. The molecule has 146 valence electrons. The van der Waals surface area contributed by atoms with Gasteiger partial charge in [0.1, 0.15) is 0 Å². The van der Waals surface area contributed by atoms with E-state index in [4.69, 9.17) is 11.6 Å². The molecule has 0 atom stereocenters. The molecule has 1 aliphatic heterocycles. The van der Waals surface area contributed by atoms with E-state index < -0.39 is 0 Å². The summed E-state index contributed by atoms with van der Waals surface area (Å²) in [6.45, 7) is 2.64. The van der Waals surface area contributed by atoms with Gasteiger partial charge in [-0.25, -0.2) is 0 Å². The third-order valence-electron chi connectivity index (χ3n) is 4.76. The lowest BCUT2D eigenvalue weighted by Crippen LogP contribution is -2.48. The molecular formula is C21H22ClN3O3. The third-order valence-corrected chi connectivity index (χ3v) is 5.01. The van der Waals surface area contributed by atoms with Gasteiger partial charge in [0.2, 0.25) is 6.41 Å². The molecule has 0 aromatic heterocycles. The van der Waals surface area contributed by atoms with E-state index in [1.807, 2.05) is 24.3 Å². The van der Waals surface area contributed by atoms with Crippen LogP contribution in [0.5, 0.6) is 0 Å². The highest BCUT2D eigenvalue weighted by atomic mass is 35.5. The number of amides is 3. The average Bonchev–Trinajstić information content (AvgIpc) is 2.74. The summed E-state index contributed by atoms with van der Waals surface area (Å²) in [6.07, 6.45) is 1.52. The summed E-state index contributed by atoms with van der Waals surface area (Å²) in [7, 11) is 0. The molecule has 1 aliphatic rings. The van der Waals surface area contributed by atoms with E-state index in [1.165, 1.54) is 0 Å². The highest BCUT2D eigenvalue weighted by Crippen LogP contribution is 2.11. The van der Waals surface area contributed by atoms with Crippen molar-refractivity contribution in [3.05, 3.63) is 70.2 Å². The number of carbonyl (C=O) groups excluding carboxylic acids is 3. The van der Waals surface area contributed by atoms with Crippen molar-refractivity contribution in [2.45, 2.75) is 6.42 Å². The van der Waals surface area contributed by atoms with Crippen molar-refractivity contribution in [1.29, 1.82) is 0 Å². The molecule has 1 N–H and O–H groups in total. The zero-order valence-corrected chi connectivity index (χ0v) is 16.2. The van der Waals surface area contributed by atoms with Crippen LogP contribution in [0.4, 0.5) is 0 Å². The van der Waals surface area contributed by atoms with Gasteiger partial charge in [0.25, 0.3) is 11.8 Å². The number of benzene rings is 2. The van der Waals surface area contributed by atoms with E-state index in [0.717, 1.165) is 12.0 Å². The number of piperazine rings is 1. The second-order valence-corrected chi connectivity index (χ2v) is 7.08. The summed E-state index contributed by atoms with van der Waals surface area (Å²) < 4.78 is 0. The van der Waals surface area contributed by atoms with Gasteiger partial charge in [0.05, 0.1) is 0 Å². The van der Waals surface area contributed by atoms with Gasteiger partial charge in [0.15, 0.2) is 0 Å². The second kappa shape index (κ2) is 9.37. The molecular weight excluding hydrogens is 378 g/mol. The molecule has 2 aromatic rings. The summed E-state index contributed by atoms with van der Waals surface area (Å²) >= 11 is 5.86. The van der Waals surface area contributed by atoms with Gasteiger partial charge in [-0.1, -0.05) is 23.7 Å². The predicted molar refractivity (Wildman–Crippen MR) is 107 cm³/mol. The Morgan fingerprint density at radius 2 is 1.54 bits per heavy atom. The quantitative estimate of drug-likeness (QED) is 0.757. The molecule has 1 saturated heterocycles. The molecule has 0 bridgehead atoms. The van der Waals surface area contributed by atoms with Crippen LogP contribution in [0.1, 0.15) is 26.3 Å². The Labute approximate surface area is 169 Å². The van der Waals surface area contributed by atoms with Gasteiger partial charge in [0, 0.05) is 48.9 Å². The van der Waals surface area contributed by atoms with Crippen molar-refractivity contribution in [2.24, 2.45) is 0 Å². The smallest absolute Gasteiger partial charge is 0.253 e. The summed E-state index contributed by atoms with van der Waals surface area (Å²) in [4.78, 5) is 38.9. The molecule has 1 fully saturated rings. The molecule has 0 spiro atoms. The number of nitrogens with one attached hydrogen (secondary N) is 1. The Balaban J connectivity index is 1.50. The molecule has 3 rings (SSSR count). The molecule has 0 unspecified atom stereocenters. The van der Waals surface area contributed by atoms with E-state index in [0.29, 0.717) is 55.3 Å². The number of hydrogen-bond donors (Lipinski definition) is 1. The lowest BCUT2D eigenvalue weighted by Gasteiger charge is -2.32. The zero-order valence-electron chi connectivity index (χ0n) is 15.4. The number of halogens is 1. The monoisotopic (exact) mass is 399 g/mol. The standard InChI is InChI=1S/C21H22ClN3O3/c22-19-7-1-16(2-8-19)9-10-23-20(27)17-3-5-18(6-4-17)21(28)25-13-11-24(15-26)12-14-25/h1-8,15H,9-14H2,(H,23,27). The molecule has 0 saturated carbocycles. The van der Waals surface area contributed by atoms with Gasteiger partial charge in [-0.3, -0.25) is 14.4 Å². The second-order valence-electron chi connectivity index (χ2n) is 6.64. The fraction of sp³-hybridized carbons (Fsp3) is 0.286. The third kappa shape index (κ3) is 5.10. The van der Waals surface area contributed by atoms with Crippen LogP contribution in [0.15, 0.2) is 48.5 Å². The van der Waals surface area contributed by atoms with Crippen LogP contribution in [0, 0.1) is 0 Å².